The van der Waals surface area contributed by atoms with Crippen molar-refractivity contribution >= 4 is 6.29 Å². The molecule has 0 spiro atoms. The van der Waals surface area contributed by atoms with E-state index in [1.54, 1.807) is 0 Å². The zero-order valence-corrected chi connectivity index (χ0v) is 6.10. The number of hydrogen-bond acceptors (Lipinski definition) is 1. The van der Waals surface area contributed by atoms with Crippen LogP contribution in [0.4, 0.5) is 0 Å². The maximum absolute atomic E-state index is 9.83. The minimum Gasteiger partial charge on any atom is -0.303 e. The minimum atomic E-state index is 0.734. The Morgan fingerprint density at radius 1 is 1.22 bits per heavy atom. The molecule has 53 valence electrons. The molecule has 0 atom stereocenters. The number of aldehydes is 1. The monoisotopic (exact) mass is 127 g/mol. The molecule has 0 amide bonds. The third-order valence-corrected chi connectivity index (χ3v) is 1.27. The Morgan fingerprint density at radius 3 is 2.44 bits per heavy atom. The Kier molecular flexibility index (Phi) is 7.39. The van der Waals surface area contributed by atoms with Gasteiger partial charge in [0.15, 0.2) is 0 Å². The zero-order chi connectivity index (χ0) is 6.95. The van der Waals surface area contributed by atoms with Crippen LogP contribution < -0.4 is 0 Å². The molecule has 1 heteroatoms. The van der Waals surface area contributed by atoms with Gasteiger partial charge in [-0.25, -0.2) is 0 Å². The number of rotatable bonds is 6. The summed E-state index contributed by atoms with van der Waals surface area (Å²) >= 11 is 0. The van der Waals surface area contributed by atoms with Gasteiger partial charge in [-0.3, -0.25) is 0 Å². The Bertz CT molecular complexity index is 59.6. The van der Waals surface area contributed by atoms with Crippen molar-refractivity contribution in [1.82, 2.24) is 0 Å². The van der Waals surface area contributed by atoms with Crippen LogP contribution in [0, 0.1) is 6.42 Å². The molecule has 0 aliphatic heterocycles. The fraction of sp³-hybridized carbons (Fsp3) is 0.750. The van der Waals surface area contributed by atoms with E-state index in [9.17, 15) is 4.79 Å². The predicted molar refractivity (Wildman–Crippen MR) is 39.1 cm³/mol. The highest BCUT2D eigenvalue weighted by molar-refractivity contribution is 5.48. The quantitative estimate of drug-likeness (QED) is 0.395. The van der Waals surface area contributed by atoms with Crippen LogP contribution in [-0.2, 0) is 4.79 Å². The first kappa shape index (κ1) is 8.67. The lowest BCUT2D eigenvalue weighted by Gasteiger charge is -1.93. The Morgan fingerprint density at radius 2 is 1.89 bits per heavy atom. The summed E-state index contributed by atoms with van der Waals surface area (Å²) in [4.78, 5) is 9.83. The fourth-order valence-corrected chi connectivity index (χ4v) is 0.720. The van der Waals surface area contributed by atoms with E-state index in [2.05, 4.69) is 13.3 Å². The van der Waals surface area contributed by atoms with Gasteiger partial charge in [0.1, 0.15) is 6.29 Å². The maximum atomic E-state index is 9.83. The fourth-order valence-electron chi connectivity index (χ4n) is 0.720. The molecule has 0 saturated carbocycles. The minimum absolute atomic E-state index is 0.734. The Labute approximate surface area is 57.5 Å². The van der Waals surface area contributed by atoms with E-state index in [0.29, 0.717) is 0 Å². The van der Waals surface area contributed by atoms with Gasteiger partial charge >= 0.3 is 0 Å². The van der Waals surface area contributed by atoms with E-state index < -0.39 is 0 Å². The van der Waals surface area contributed by atoms with Gasteiger partial charge < -0.3 is 4.79 Å². The number of unbranched alkanes of at least 4 members (excludes halogenated alkanes) is 5. The van der Waals surface area contributed by atoms with E-state index in [1.165, 1.54) is 12.8 Å². The Balaban J connectivity index is 2.66. The molecule has 0 N–H and O–H groups in total. The molecule has 0 aliphatic carbocycles. The molecule has 1 radical (unpaired) electrons. The van der Waals surface area contributed by atoms with Gasteiger partial charge in [0, 0.05) is 6.42 Å². The molecule has 0 aromatic carbocycles. The summed E-state index contributed by atoms with van der Waals surface area (Å²) in [5.41, 5.74) is 0. The van der Waals surface area contributed by atoms with Crippen LogP contribution in [0.2, 0.25) is 0 Å². The topological polar surface area (TPSA) is 17.1 Å². The first-order valence-corrected chi connectivity index (χ1v) is 3.67. The summed E-state index contributed by atoms with van der Waals surface area (Å²) in [6, 6.07) is 0. The van der Waals surface area contributed by atoms with Gasteiger partial charge in [0.25, 0.3) is 0 Å². The van der Waals surface area contributed by atoms with Crippen molar-refractivity contribution in [3.05, 3.63) is 6.42 Å². The molecular weight excluding hydrogens is 112 g/mol. The standard InChI is InChI=1S/C8H15O/c1-2-3-4-5-6-7-8-9/h3,8H,2,4-7H2,1H3. The molecule has 9 heavy (non-hydrogen) atoms. The average molecular weight is 127 g/mol. The molecule has 0 rings (SSSR count). The highest BCUT2D eigenvalue weighted by Crippen LogP contribution is 2.01. The Hall–Kier alpha value is -0.330. The molecule has 0 fully saturated rings. The molecule has 0 unspecified atom stereocenters. The summed E-state index contributed by atoms with van der Waals surface area (Å²) in [5.74, 6) is 0. The smallest absolute Gasteiger partial charge is 0.119 e. The van der Waals surface area contributed by atoms with Crippen molar-refractivity contribution in [3.8, 4) is 0 Å². The van der Waals surface area contributed by atoms with E-state index in [1.807, 2.05) is 0 Å². The first-order chi connectivity index (χ1) is 4.41. The van der Waals surface area contributed by atoms with Crippen LogP contribution in [0.5, 0.6) is 0 Å². The SMILES string of the molecule is CC[CH]CCCCC=O. The molecule has 0 aromatic heterocycles. The molecule has 0 aromatic rings. The molecule has 1 nitrogen and oxygen atoms in total. The maximum Gasteiger partial charge on any atom is 0.119 e. The average Bonchev–Trinajstić information content (AvgIpc) is 1.89. The van der Waals surface area contributed by atoms with Crippen molar-refractivity contribution in [2.75, 3.05) is 0 Å². The predicted octanol–water partition coefficient (Wildman–Crippen LogP) is 2.36. The summed E-state index contributed by atoms with van der Waals surface area (Å²) < 4.78 is 0. The molecular formula is C8H15O. The second-order valence-corrected chi connectivity index (χ2v) is 2.15. The normalized spacial score (nSPS) is 9.44. The van der Waals surface area contributed by atoms with Gasteiger partial charge in [0.2, 0.25) is 0 Å². The summed E-state index contributed by atoms with van der Waals surface area (Å²) in [5, 5.41) is 0. The van der Waals surface area contributed by atoms with Crippen molar-refractivity contribution in [2.45, 2.75) is 39.0 Å². The highest BCUT2D eigenvalue weighted by Gasteiger charge is 1.86. The van der Waals surface area contributed by atoms with Crippen LogP contribution >= 0.6 is 0 Å². The lowest BCUT2D eigenvalue weighted by Crippen LogP contribution is -1.78. The molecule has 0 saturated heterocycles. The van der Waals surface area contributed by atoms with Gasteiger partial charge in [-0.05, 0) is 12.8 Å². The number of carbonyl (C=O) groups is 1. The second-order valence-electron chi connectivity index (χ2n) is 2.15. The van der Waals surface area contributed by atoms with Gasteiger partial charge in [-0.2, -0.15) is 0 Å². The second kappa shape index (κ2) is 7.67. The van der Waals surface area contributed by atoms with Gasteiger partial charge in [-0.15, -0.1) is 0 Å². The van der Waals surface area contributed by atoms with Crippen molar-refractivity contribution < 1.29 is 4.79 Å². The van der Waals surface area contributed by atoms with Gasteiger partial charge in [0.05, 0.1) is 0 Å². The van der Waals surface area contributed by atoms with E-state index in [0.717, 1.165) is 25.5 Å². The van der Waals surface area contributed by atoms with Crippen LogP contribution in [0.1, 0.15) is 39.0 Å². The zero-order valence-electron chi connectivity index (χ0n) is 6.10. The van der Waals surface area contributed by atoms with Crippen molar-refractivity contribution in [3.63, 3.8) is 0 Å². The number of hydrogen-bond donors (Lipinski definition) is 0. The highest BCUT2D eigenvalue weighted by atomic mass is 16.1. The van der Waals surface area contributed by atoms with Crippen LogP contribution in [0.3, 0.4) is 0 Å². The van der Waals surface area contributed by atoms with Gasteiger partial charge in [-0.1, -0.05) is 26.2 Å². The number of carbonyl (C=O) groups excluding carboxylic acids is 1. The third-order valence-electron chi connectivity index (χ3n) is 1.27. The third kappa shape index (κ3) is 7.67. The lowest BCUT2D eigenvalue weighted by atomic mass is 10.1. The summed E-state index contributed by atoms with van der Waals surface area (Å²) in [7, 11) is 0. The summed E-state index contributed by atoms with van der Waals surface area (Å²) in [6.45, 7) is 2.14. The van der Waals surface area contributed by atoms with E-state index >= 15 is 0 Å². The molecule has 0 bridgehead atoms. The van der Waals surface area contributed by atoms with Crippen molar-refractivity contribution in [1.29, 1.82) is 0 Å². The lowest BCUT2D eigenvalue weighted by molar-refractivity contribution is -0.107. The van der Waals surface area contributed by atoms with E-state index in [-0.39, 0.29) is 0 Å². The van der Waals surface area contributed by atoms with E-state index in [4.69, 9.17) is 0 Å². The van der Waals surface area contributed by atoms with Crippen LogP contribution in [0.25, 0.3) is 0 Å². The first-order valence-electron chi connectivity index (χ1n) is 3.67. The summed E-state index contributed by atoms with van der Waals surface area (Å²) in [6.07, 6.45) is 8.53. The largest absolute Gasteiger partial charge is 0.303 e. The van der Waals surface area contributed by atoms with Crippen LogP contribution in [0.15, 0.2) is 0 Å². The van der Waals surface area contributed by atoms with Crippen LogP contribution in [-0.4, -0.2) is 6.29 Å². The molecule has 0 aliphatic rings. The van der Waals surface area contributed by atoms with Crippen molar-refractivity contribution in [2.24, 2.45) is 0 Å². The molecule has 0 heterocycles.